The van der Waals surface area contributed by atoms with Crippen LogP contribution in [0.2, 0.25) is 10.0 Å². The Balaban J connectivity index is 0.918. The van der Waals surface area contributed by atoms with Gasteiger partial charge in [0.05, 0.1) is 46.4 Å². The molecule has 1 spiro atoms. The lowest BCUT2D eigenvalue weighted by atomic mass is 9.44. The molecule has 2 heterocycles. The van der Waals surface area contributed by atoms with Gasteiger partial charge in [-0.25, -0.2) is 0 Å². The molecule has 0 amide bonds. The predicted molar refractivity (Wildman–Crippen MR) is 243 cm³/mol. The zero-order valence-electron chi connectivity index (χ0n) is 35.3. The molecule has 334 valence electrons. The number of benzene rings is 4. The van der Waals surface area contributed by atoms with E-state index < -0.39 is 48.9 Å². The number of nitrogens with one attached hydrogen (secondary N) is 1. The zero-order valence-corrected chi connectivity index (χ0v) is 37.7. The third-order valence-corrected chi connectivity index (χ3v) is 16.5. The molecule has 2 saturated heterocycles. The first kappa shape index (κ1) is 43.4. The van der Waals surface area contributed by atoms with E-state index in [1.807, 2.05) is 84.9 Å². The molecule has 7 atom stereocenters. The van der Waals surface area contributed by atoms with Gasteiger partial charge in [-0.2, -0.15) is 0 Å². The molecule has 64 heavy (non-hydrogen) atoms. The smallest absolute Gasteiger partial charge is 0.342 e. The van der Waals surface area contributed by atoms with Gasteiger partial charge in [0, 0.05) is 24.2 Å². The van der Waals surface area contributed by atoms with Crippen molar-refractivity contribution < 1.29 is 42.5 Å². The van der Waals surface area contributed by atoms with Crippen LogP contribution >= 0.6 is 30.8 Å². The lowest BCUT2D eigenvalue weighted by Gasteiger charge is -2.66. The molecule has 0 radical (unpaired) electrons. The van der Waals surface area contributed by atoms with E-state index in [9.17, 15) is 19.3 Å². The number of nitrogens with zero attached hydrogens (tertiary/aromatic N) is 1. The highest BCUT2D eigenvalue weighted by Gasteiger charge is 2.77. The Morgan fingerprint density at radius 3 is 2.20 bits per heavy atom. The number of para-hydroxylation sites is 2. The number of hydrogen-bond donors (Lipinski definition) is 2. The van der Waals surface area contributed by atoms with Gasteiger partial charge in [0.15, 0.2) is 5.76 Å². The summed E-state index contributed by atoms with van der Waals surface area (Å²) in [4.78, 5) is 30.5. The van der Waals surface area contributed by atoms with E-state index in [4.69, 9.17) is 46.5 Å². The number of halogens is 2. The number of ether oxygens (including phenoxy) is 3. The molecule has 3 saturated carbocycles. The van der Waals surface area contributed by atoms with E-state index >= 15 is 0 Å². The van der Waals surface area contributed by atoms with Gasteiger partial charge in [-0.1, -0.05) is 114 Å². The van der Waals surface area contributed by atoms with Gasteiger partial charge in [-0.3, -0.25) is 19.1 Å². The van der Waals surface area contributed by atoms with Crippen molar-refractivity contribution >= 4 is 54.1 Å². The number of allylic oxidation sites excluding steroid dienone is 3. The molecule has 4 aromatic carbocycles. The van der Waals surface area contributed by atoms with Crippen LogP contribution in [0.1, 0.15) is 55.2 Å². The summed E-state index contributed by atoms with van der Waals surface area (Å²) in [6.07, 6.45) is 6.33. The molecular formula is C50H51Cl2N2O9P. The number of rotatable bonds is 16. The van der Waals surface area contributed by atoms with Gasteiger partial charge in [-0.05, 0) is 97.9 Å². The highest BCUT2D eigenvalue weighted by atomic mass is 35.5. The summed E-state index contributed by atoms with van der Waals surface area (Å²) in [5.41, 5.74) is 1.48. The van der Waals surface area contributed by atoms with E-state index in [1.54, 1.807) is 24.3 Å². The summed E-state index contributed by atoms with van der Waals surface area (Å²) < 4.78 is 45.7. The fourth-order valence-electron chi connectivity index (χ4n) is 11.1. The monoisotopic (exact) mass is 924 g/mol. The van der Waals surface area contributed by atoms with Crippen LogP contribution in [0, 0.1) is 23.2 Å². The van der Waals surface area contributed by atoms with Crippen molar-refractivity contribution in [3.63, 3.8) is 0 Å². The molecule has 11 nitrogen and oxygen atoms in total. The van der Waals surface area contributed by atoms with Gasteiger partial charge in [0.1, 0.15) is 24.1 Å². The molecular weight excluding hydrogens is 874 g/mol. The van der Waals surface area contributed by atoms with Gasteiger partial charge >= 0.3 is 19.5 Å². The molecule has 2 aliphatic heterocycles. The second-order valence-electron chi connectivity index (χ2n) is 18.1. The van der Waals surface area contributed by atoms with Crippen LogP contribution in [0.4, 0.5) is 11.4 Å². The first-order valence-corrected chi connectivity index (χ1v) is 24.7. The average molecular weight is 926 g/mol. The summed E-state index contributed by atoms with van der Waals surface area (Å²) in [5, 5.41) is 17.4. The summed E-state index contributed by atoms with van der Waals surface area (Å²) in [6, 6.07) is 31.1. The fraction of sp³-hybridized carbons (Fsp3) is 0.400. The number of hydrogen-bond acceptors (Lipinski definition) is 11. The molecule has 4 aromatic rings. The number of piperidine rings is 1. The van der Waals surface area contributed by atoms with E-state index in [0.29, 0.717) is 64.3 Å². The van der Waals surface area contributed by atoms with Crippen LogP contribution in [-0.4, -0.2) is 65.0 Å². The first-order valence-electron chi connectivity index (χ1n) is 22.2. The standard InChI is InChI=1S/C50H51Cl2N2O9P/c51-37-15-9-16-38(52)46(37)53-39-17-8-7-14-35(39)27-43(55)62-41-22-23-50(57)42-26-36-20-21-40(47-45(36)49(50,48(41)63-47)24-25-54(42)28-32-18-19-32)61-44(56)31-64(58,59-29-33-10-3-1-4-11-33)60-30-34-12-5-2-6-13-34/h1-17,20-21,32,36,41-42,45,48,53,57H,18-19,22-31H2/t36?,41-,42?,45?,48?,49?,50-/m1/s1. The van der Waals surface area contributed by atoms with Crippen LogP contribution < -0.4 is 5.32 Å². The average Bonchev–Trinajstić information content (AvgIpc) is 4.04. The van der Waals surface area contributed by atoms with Crippen molar-refractivity contribution in [2.24, 2.45) is 23.2 Å². The van der Waals surface area contributed by atoms with Crippen molar-refractivity contribution in [2.45, 2.75) is 82.0 Å². The second kappa shape index (κ2) is 17.7. The minimum absolute atomic E-state index is 0.0201. The maximum atomic E-state index is 14.4. The van der Waals surface area contributed by atoms with E-state index in [0.717, 1.165) is 24.2 Å². The first-order chi connectivity index (χ1) is 31.0. The molecule has 4 aliphatic carbocycles. The topological polar surface area (TPSA) is 133 Å². The van der Waals surface area contributed by atoms with E-state index in [1.165, 1.54) is 12.8 Å². The summed E-state index contributed by atoms with van der Waals surface area (Å²) in [5.74, 6) is -0.314. The summed E-state index contributed by atoms with van der Waals surface area (Å²) >= 11 is 13.0. The van der Waals surface area contributed by atoms with Crippen molar-refractivity contribution in [2.75, 3.05) is 24.6 Å². The predicted octanol–water partition coefficient (Wildman–Crippen LogP) is 10.2. The second-order valence-corrected chi connectivity index (χ2v) is 20.9. The molecule has 14 heteroatoms. The third-order valence-electron chi connectivity index (χ3n) is 14.2. The van der Waals surface area contributed by atoms with Gasteiger partial charge in [-0.15, -0.1) is 0 Å². The lowest BCUT2D eigenvalue weighted by molar-refractivity contribution is -0.270. The Bertz CT molecular complexity index is 2450. The van der Waals surface area contributed by atoms with E-state index in [2.05, 4.69) is 16.3 Å². The highest BCUT2D eigenvalue weighted by Crippen LogP contribution is 2.70. The van der Waals surface area contributed by atoms with Crippen LogP contribution in [0.25, 0.3) is 0 Å². The molecule has 2 bridgehead atoms. The SMILES string of the molecule is O=C(CP(=O)(OCc1ccccc1)OCc1ccccc1)OC1=C2OC3[C@H](OC(=O)Cc4ccccc4Nc4c(Cl)cccc4Cl)CC[C@@]4(O)C5CC(C=C1)C2C34CCN5CC1CC1. The van der Waals surface area contributed by atoms with Crippen LogP contribution in [0.15, 0.2) is 127 Å². The largest absolute Gasteiger partial charge is 0.486 e. The number of anilines is 2. The van der Waals surface area contributed by atoms with Crippen molar-refractivity contribution in [1.82, 2.24) is 4.90 Å². The maximum absolute atomic E-state index is 14.4. The Kier molecular flexibility index (Phi) is 12.0. The van der Waals surface area contributed by atoms with Crippen molar-refractivity contribution in [3.05, 3.63) is 154 Å². The minimum Gasteiger partial charge on any atom is -0.486 e. The lowest BCUT2D eigenvalue weighted by Crippen LogP contribution is -2.77. The van der Waals surface area contributed by atoms with Crippen LogP contribution in [0.3, 0.4) is 0 Å². The van der Waals surface area contributed by atoms with Crippen molar-refractivity contribution in [3.8, 4) is 0 Å². The quantitative estimate of drug-likeness (QED) is 0.0822. The van der Waals surface area contributed by atoms with Crippen molar-refractivity contribution in [1.29, 1.82) is 0 Å². The molecule has 6 aliphatic rings. The normalized spacial score (nSPS) is 28.0. The maximum Gasteiger partial charge on any atom is 0.342 e. The minimum atomic E-state index is -4.05. The summed E-state index contributed by atoms with van der Waals surface area (Å²) in [6.45, 7) is 1.66. The van der Waals surface area contributed by atoms with Crippen LogP contribution in [-0.2, 0) is 57.0 Å². The number of carbonyl (C=O) groups is 2. The van der Waals surface area contributed by atoms with E-state index in [-0.39, 0.29) is 43.3 Å². The third kappa shape index (κ3) is 8.34. The fourth-order valence-corrected chi connectivity index (χ4v) is 12.9. The van der Waals surface area contributed by atoms with Gasteiger partial charge in [0.2, 0.25) is 0 Å². The Morgan fingerprint density at radius 1 is 0.844 bits per heavy atom. The Hall–Kier alpha value is -4.45. The Labute approximate surface area is 383 Å². The summed E-state index contributed by atoms with van der Waals surface area (Å²) in [7, 11) is -4.05. The molecule has 5 unspecified atom stereocenters. The number of carbonyl (C=O) groups excluding carboxylic acids is 2. The van der Waals surface area contributed by atoms with Gasteiger partial charge in [0.25, 0.3) is 0 Å². The number of esters is 2. The van der Waals surface area contributed by atoms with Gasteiger partial charge < -0.3 is 33.7 Å². The molecule has 2 N–H and O–H groups in total. The zero-order chi connectivity index (χ0) is 44.1. The molecule has 10 rings (SSSR count). The highest BCUT2D eigenvalue weighted by molar-refractivity contribution is 7.54. The number of likely N-dealkylation sites (tertiary alicyclic amines) is 1. The number of aliphatic hydroxyl groups is 1. The Morgan fingerprint density at radius 2 is 1.52 bits per heavy atom. The molecule has 0 aromatic heterocycles. The van der Waals surface area contributed by atoms with Crippen LogP contribution in [0.5, 0.6) is 0 Å². The molecule has 5 fully saturated rings.